The van der Waals surface area contributed by atoms with Crippen molar-refractivity contribution in [3.05, 3.63) is 42.0 Å². The van der Waals surface area contributed by atoms with Crippen molar-refractivity contribution in [2.24, 2.45) is 10.9 Å². The van der Waals surface area contributed by atoms with Crippen molar-refractivity contribution in [2.45, 2.75) is 18.9 Å². The van der Waals surface area contributed by atoms with Gasteiger partial charge in [0.15, 0.2) is 0 Å². The van der Waals surface area contributed by atoms with Crippen molar-refractivity contribution >= 4 is 17.1 Å². The van der Waals surface area contributed by atoms with Crippen LogP contribution >= 0.6 is 0 Å². The third-order valence-electron chi connectivity index (χ3n) is 3.44. The van der Waals surface area contributed by atoms with Crippen LogP contribution in [0.1, 0.15) is 18.4 Å². The number of hydrogen-bond acceptors (Lipinski definition) is 3. The van der Waals surface area contributed by atoms with E-state index in [1.807, 2.05) is 24.3 Å². The number of nitrogens with two attached hydrogens (primary N) is 1. The molecule has 2 aliphatic rings. The van der Waals surface area contributed by atoms with Crippen LogP contribution in [0.3, 0.4) is 0 Å². The molecule has 86 valence electrons. The van der Waals surface area contributed by atoms with E-state index in [1.54, 1.807) is 0 Å². The molecule has 0 saturated carbocycles. The summed E-state index contributed by atoms with van der Waals surface area (Å²) < 4.78 is 0. The third-order valence-corrected chi connectivity index (χ3v) is 3.44. The molecule has 0 bridgehead atoms. The average Bonchev–Trinajstić information content (AvgIpc) is 2.72. The number of nitrogens with one attached hydrogen (secondary N) is 1. The number of allylic oxidation sites excluding steroid dienone is 1. The fourth-order valence-corrected chi connectivity index (χ4v) is 2.58. The highest BCUT2D eigenvalue weighted by atomic mass is 14.9. The minimum atomic E-state index is 0.264. The molecule has 1 aromatic rings. The lowest BCUT2D eigenvalue weighted by atomic mass is 9.87. The molecule has 3 nitrogen and oxygen atoms in total. The number of rotatable bonds is 1. The van der Waals surface area contributed by atoms with Crippen molar-refractivity contribution in [3.63, 3.8) is 0 Å². The van der Waals surface area contributed by atoms with Gasteiger partial charge in [-0.2, -0.15) is 0 Å². The number of nitrogen functional groups attached to an aromatic ring is 1. The second-order valence-electron chi connectivity index (χ2n) is 4.74. The molecule has 1 aromatic carbocycles. The molecule has 0 fully saturated rings. The Balaban J connectivity index is 1.89. The molecule has 2 unspecified atom stereocenters. The number of nitrogens with zero attached hydrogens (tertiary/aromatic N) is 1. The molecule has 0 aromatic heterocycles. The van der Waals surface area contributed by atoms with Gasteiger partial charge in [-0.05, 0) is 42.5 Å². The van der Waals surface area contributed by atoms with E-state index >= 15 is 0 Å². The molecule has 3 heteroatoms. The summed E-state index contributed by atoms with van der Waals surface area (Å²) in [5, 5.41) is 7.69. The lowest BCUT2D eigenvalue weighted by Gasteiger charge is -2.18. The molecule has 1 aliphatic carbocycles. The van der Waals surface area contributed by atoms with Gasteiger partial charge in [0.25, 0.3) is 0 Å². The zero-order valence-corrected chi connectivity index (χ0v) is 9.56. The molecular formula is C14H15N3. The molecule has 1 heterocycles. The molecule has 3 N–H and O–H groups in total. The Labute approximate surface area is 101 Å². The standard InChI is InChI=1S/C14H15N3/c15-11-3-1-2-9(6-11)14-8-10-7-12(16)4-5-13(10)17-14/h1-6,10,13,16H,7-8,15H2. The largest absolute Gasteiger partial charge is 0.399 e. The van der Waals surface area contributed by atoms with Crippen LogP contribution < -0.4 is 5.73 Å². The van der Waals surface area contributed by atoms with Gasteiger partial charge in [-0.1, -0.05) is 18.2 Å². The first kappa shape index (κ1) is 10.3. The van der Waals surface area contributed by atoms with Gasteiger partial charge in [0.1, 0.15) is 0 Å². The predicted molar refractivity (Wildman–Crippen MR) is 70.8 cm³/mol. The van der Waals surface area contributed by atoms with E-state index in [1.165, 1.54) is 0 Å². The molecule has 3 rings (SSSR count). The quantitative estimate of drug-likeness (QED) is 0.708. The average molecular weight is 225 g/mol. The summed E-state index contributed by atoms with van der Waals surface area (Å²) in [4.78, 5) is 4.73. The summed E-state index contributed by atoms with van der Waals surface area (Å²) in [5.74, 6) is 0.476. The molecule has 17 heavy (non-hydrogen) atoms. The van der Waals surface area contributed by atoms with Crippen LogP contribution in [0.15, 0.2) is 41.4 Å². The predicted octanol–water partition coefficient (Wildman–Crippen LogP) is 2.43. The smallest absolute Gasteiger partial charge is 0.0722 e. The van der Waals surface area contributed by atoms with E-state index < -0.39 is 0 Å². The van der Waals surface area contributed by atoms with E-state index in [0.29, 0.717) is 5.92 Å². The second kappa shape index (κ2) is 3.84. The van der Waals surface area contributed by atoms with Gasteiger partial charge in [-0.15, -0.1) is 0 Å². The van der Waals surface area contributed by atoms with Crippen LogP contribution in [0, 0.1) is 11.3 Å². The highest BCUT2D eigenvalue weighted by Gasteiger charge is 2.30. The molecule has 2 atom stereocenters. The molecule has 0 saturated heterocycles. The Kier molecular flexibility index (Phi) is 2.32. The van der Waals surface area contributed by atoms with Crippen LogP contribution in [-0.2, 0) is 0 Å². The molecule has 0 spiro atoms. The molecule has 0 amide bonds. The Morgan fingerprint density at radius 1 is 1.29 bits per heavy atom. The van der Waals surface area contributed by atoms with E-state index in [2.05, 4.69) is 12.1 Å². The normalized spacial score (nSPS) is 26.8. The number of anilines is 1. The van der Waals surface area contributed by atoms with Crippen LogP contribution in [-0.4, -0.2) is 17.5 Å². The van der Waals surface area contributed by atoms with Crippen LogP contribution in [0.2, 0.25) is 0 Å². The number of fused-ring (bicyclic) bond motifs is 1. The maximum absolute atomic E-state index is 7.69. The van der Waals surface area contributed by atoms with E-state index in [9.17, 15) is 0 Å². The maximum Gasteiger partial charge on any atom is 0.0722 e. The topological polar surface area (TPSA) is 62.2 Å². The highest BCUT2D eigenvalue weighted by Crippen LogP contribution is 2.31. The van der Waals surface area contributed by atoms with E-state index in [4.69, 9.17) is 16.1 Å². The van der Waals surface area contributed by atoms with Crippen molar-refractivity contribution < 1.29 is 0 Å². The van der Waals surface area contributed by atoms with Crippen molar-refractivity contribution in [3.8, 4) is 0 Å². The Hall–Kier alpha value is -1.90. The first-order chi connectivity index (χ1) is 8.22. The van der Waals surface area contributed by atoms with Crippen molar-refractivity contribution in [2.75, 3.05) is 5.73 Å². The van der Waals surface area contributed by atoms with Crippen LogP contribution in [0.4, 0.5) is 5.69 Å². The van der Waals surface area contributed by atoms with E-state index in [0.717, 1.165) is 35.5 Å². The van der Waals surface area contributed by atoms with Gasteiger partial charge in [-0.25, -0.2) is 0 Å². The number of hydrogen-bond donors (Lipinski definition) is 2. The molecular weight excluding hydrogens is 210 g/mol. The van der Waals surface area contributed by atoms with Gasteiger partial charge in [0.2, 0.25) is 0 Å². The number of benzene rings is 1. The molecule has 1 aliphatic heterocycles. The Bertz CT molecular complexity index is 528. The van der Waals surface area contributed by atoms with Crippen LogP contribution in [0.25, 0.3) is 0 Å². The summed E-state index contributed by atoms with van der Waals surface area (Å²) >= 11 is 0. The summed E-state index contributed by atoms with van der Waals surface area (Å²) in [7, 11) is 0. The van der Waals surface area contributed by atoms with Crippen LogP contribution in [0.5, 0.6) is 0 Å². The maximum atomic E-state index is 7.69. The summed E-state index contributed by atoms with van der Waals surface area (Å²) in [5.41, 5.74) is 9.55. The first-order valence-corrected chi connectivity index (χ1v) is 5.90. The Morgan fingerprint density at radius 3 is 3.00 bits per heavy atom. The minimum absolute atomic E-state index is 0.264. The summed E-state index contributed by atoms with van der Waals surface area (Å²) in [6.07, 6.45) is 5.74. The fraction of sp³-hybridized carbons (Fsp3) is 0.286. The van der Waals surface area contributed by atoms with Gasteiger partial charge < -0.3 is 11.1 Å². The van der Waals surface area contributed by atoms with Gasteiger partial charge in [0, 0.05) is 17.1 Å². The van der Waals surface area contributed by atoms with Gasteiger partial charge >= 0.3 is 0 Å². The summed E-state index contributed by atoms with van der Waals surface area (Å²) in [6.45, 7) is 0. The zero-order valence-electron chi connectivity index (χ0n) is 9.56. The first-order valence-electron chi connectivity index (χ1n) is 5.90. The van der Waals surface area contributed by atoms with Crippen molar-refractivity contribution in [1.29, 1.82) is 5.41 Å². The lowest BCUT2D eigenvalue weighted by Crippen LogP contribution is -2.19. The Morgan fingerprint density at radius 2 is 2.18 bits per heavy atom. The minimum Gasteiger partial charge on any atom is -0.399 e. The highest BCUT2D eigenvalue weighted by molar-refractivity contribution is 6.04. The SMILES string of the molecule is N=C1C=CC2N=C(c3cccc(N)c3)CC2C1. The van der Waals surface area contributed by atoms with E-state index in [-0.39, 0.29) is 6.04 Å². The van der Waals surface area contributed by atoms with Gasteiger partial charge in [-0.3, -0.25) is 4.99 Å². The number of aliphatic imine (C=N–C) groups is 1. The molecule has 0 radical (unpaired) electrons. The monoisotopic (exact) mass is 225 g/mol. The zero-order chi connectivity index (χ0) is 11.8. The van der Waals surface area contributed by atoms with Crippen molar-refractivity contribution in [1.82, 2.24) is 0 Å². The van der Waals surface area contributed by atoms with Gasteiger partial charge in [0.05, 0.1) is 6.04 Å². The lowest BCUT2D eigenvalue weighted by molar-refractivity contribution is 0.537. The fourth-order valence-electron chi connectivity index (χ4n) is 2.58. The second-order valence-corrected chi connectivity index (χ2v) is 4.74. The third kappa shape index (κ3) is 1.88. The summed E-state index contributed by atoms with van der Waals surface area (Å²) in [6, 6.07) is 8.15.